The number of piperidine rings is 1. The number of fused-ring (bicyclic) bond motifs is 1. The van der Waals surface area contributed by atoms with E-state index < -0.39 is 0 Å². The number of methoxy groups -OCH3 is 1. The lowest BCUT2D eigenvalue weighted by Gasteiger charge is -2.25. The third kappa shape index (κ3) is 2.97. The Morgan fingerprint density at radius 1 is 1.25 bits per heavy atom. The van der Waals surface area contributed by atoms with Crippen LogP contribution in [0.2, 0.25) is 0 Å². The van der Waals surface area contributed by atoms with Crippen molar-refractivity contribution in [3.63, 3.8) is 0 Å². The van der Waals surface area contributed by atoms with E-state index in [1.54, 1.807) is 13.3 Å². The minimum absolute atomic E-state index is 0. The zero-order valence-corrected chi connectivity index (χ0v) is 12.4. The summed E-state index contributed by atoms with van der Waals surface area (Å²) in [6, 6.07) is 6.78. The molecule has 0 aliphatic carbocycles. The van der Waals surface area contributed by atoms with Crippen molar-refractivity contribution in [2.24, 2.45) is 0 Å². The number of rotatable bonds is 3. The first-order chi connectivity index (χ1) is 9.38. The average Bonchev–Trinajstić information content (AvgIpc) is 2.48. The molecule has 2 N–H and O–H groups in total. The van der Waals surface area contributed by atoms with Gasteiger partial charge in [-0.05, 0) is 32.0 Å². The van der Waals surface area contributed by atoms with E-state index in [0.717, 1.165) is 48.1 Å². The number of hydrogen-bond acceptors (Lipinski definition) is 4. The van der Waals surface area contributed by atoms with Gasteiger partial charge in [-0.15, -0.1) is 12.4 Å². The summed E-state index contributed by atoms with van der Waals surface area (Å²) in [6.07, 6.45) is 5.97. The molecule has 0 spiro atoms. The predicted molar refractivity (Wildman–Crippen MR) is 85.1 cm³/mol. The van der Waals surface area contributed by atoms with Crippen LogP contribution in [0, 0.1) is 0 Å². The molecular weight excluding hydrogens is 274 g/mol. The van der Waals surface area contributed by atoms with E-state index in [0.29, 0.717) is 6.04 Å². The van der Waals surface area contributed by atoms with Gasteiger partial charge in [0.2, 0.25) is 0 Å². The van der Waals surface area contributed by atoms with E-state index in [4.69, 9.17) is 4.74 Å². The van der Waals surface area contributed by atoms with Crippen LogP contribution in [-0.4, -0.2) is 31.2 Å². The molecule has 1 aliphatic rings. The summed E-state index contributed by atoms with van der Waals surface area (Å²) in [4.78, 5) is 4.21. The van der Waals surface area contributed by atoms with E-state index in [-0.39, 0.29) is 12.4 Å². The Labute approximate surface area is 125 Å². The van der Waals surface area contributed by atoms with Crippen molar-refractivity contribution >= 4 is 28.9 Å². The highest BCUT2D eigenvalue weighted by Crippen LogP contribution is 2.32. The number of nitrogens with zero attached hydrogens (tertiary/aromatic N) is 1. The maximum Gasteiger partial charge on any atom is 0.147 e. The maximum atomic E-state index is 5.44. The van der Waals surface area contributed by atoms with Gasteiger partial charge in [0.05, 0.1) is 18.7 Å². The zero-order valence-electron chi connectivity index (χ0n) is 11.6. The molecule has 0 unspecified atom stereocenters. The Kier molecular flexibility index (Phi) is 5.04. The minimum Gasteiger partial charge on any atom is -0.494 e. The summed E-state index contributed by atoms with van der Waals surface area (Å²) in [6.45, 7) is 2.17. The van der Waals surface area contributed by atoms with Crippen LogP contribution in [0.1, 0.15) is 12.8 Å². The first-order valence-corrected chi connectivity index (χ1v) is 6.76. The Morgan fingerprint density at radius 3 is 2.80 bits per heavy atom. The van der Waals surface area contributed by atoms with E-state index in [2.05, 4.69) is 33.8 Å². The van der Waals surface area contributed by atoms with Gasteiger partial charge in [-0.25, -0.2) is 0 Å². The smallest absolute Gasteiger partial charge is 0.147 e. The van der Waals surface area contributed by atoms with E-state index >= 15 is 0 Å². The summed E-state index contributed by atoms with van der Waals surface area (Å²) in [5.74, 6) is 0.828. The van der Waals surface area contributed by atoms with Crippen molar-refractivity contribution < 1.29 is 4.74 Å². The first kappa shape index (κ1) is 14.9. The number of hydrogen-bond donors (Lipinski definition) is 2. The lowest BCUT2D eigenvalue weighted by Crippen LogP contribution is -2.35. The highest BCUT2D eigenvalue weighted by molar-refractivity contribution is 5.98. The number of aromatic nitrogens is 1. The van der Waals surface area contributed by atoms with E-state index in [1.165, 1.54) is 0 Å². The van der Waals surface area contributed by atoms with Crippen LogP contribution in [-0.2, 0) is 0 Å². The second-order valence-electron chi connectivity index (χ2n) is 4.91. The molecule has 2 aromatic rings. The molecule has 0 bridgehead atoms. The Balaban J connectivity index is 0.00000147. The molecular formula is C15H20ClN3O. The normalized spacial score (nSPS) is 15.7. The molecule has 0 radical (unpaired) electrons. The molecule has 0 saturated carbocycles. The second kappa shape index (κ2) is 6.77. The fraction of sp³-hybridized carbons (Fsp3) is 0.400. The van der Waals surface area contributed by atoms with E-state index in [9.17, 15) is 0 Å². The number of ether oxygens (including phenoxy) is 1. The second-order valence-corrected chi connectivity index (χ2v) is 4.91. The van der Waals surface area contributed by atoms with Crippen molar-refractivity contribution in [3.05, 3.63) is 30.6 Å². The Bertz CT molecular complexity index is 565. The predicted octanol–water partition coefficient (Wildman–Crippen LogP) is 2.83. The lowest BCUT2D eigenvalue weighted by molar-refractivity contribution is 0.418. The van der Waals surface area contributed by atoms with Crippen molar-refractivity contribution in [3.8, 4) is 5.75 Å². The van der Waals surface area contributed by atoms with Gasteiger partial charge in [0.25, 0.3) is 0 Å². The van der Waals surface area contributed by atoms with Gasteiger partial charge >= 0.3 is 0 Å². The molecule has 1 aliphatic heterocycles. The number of benzene rings is 1. The average molecular weight is 294 g/mol. The van der Waals surface area contributed by atoms with Crippen molar-refractivity contribution in [2.75, 3.05) is 25.5 Å². The van der Waals surface area contributed by atoms with Crippen LogP contribution in [0.5, 0.6) is 5.75 Å². The molecule has 1 fully saturated rings. The largest absolute Gasteiger partial charge is 0.494 e. The summed E-state index contributed by atoms with van der Waals surface area (Å²) < 4.78 is 5.44. The maximum absolute atomic E-state index is 5.44. The summed E-state index contributed by atoms with van der Waals surface area (Å²) in [5.41, 5.74) is 1.14. The quantitative estimate of drug-likeness (QED) is 0.913. The molecule has 0 amide bonds. The summed E-state index contributed by atoms with van der Waals surface area (Å²) in [7, 11) is 1.69. The van der Waals surface area contributed by atoms with Gasteiger partial charge in [-0.1, -0.05) is 12.1 Å². The van der Waals surface area contributed by atoms with Crippen LogP contribution in [0.25, 0.3) is 10.8 Å². The van der Waals surface area contributed by atoms with Gasteiger partial charge < -0.3 is 15.4 Å². The fourth-order valence-corrected chi connectivity index (χ4v) is 2.66. The van der Waals surface area contributed by atoms with Crippen LogP contribution in [0.3, 0.4) is 0 Å². The van der Waals surface area contributed by atoms with Crippen LogP contribution in [0.4, 0.5) is 5.69 Å². The zero-order chi connectivity index (χ0) is 13.1. The van der Waals surface area contributed by atoms with Gasteiger partial charge in [0.15, 0.2) is 0 Å². The summed E-state index contributed by atoms with van der Waals surface area (Å²) >= 11 is 0. The summed E-state index contributed by atoms with van der Waals surface area (Å²) in [5, 5.41) is 9.27. The molecule has 1 aromatic heterocycles. The highest BCUT2D eigenvalue weighted by Gasteiger charge is 2.15. The molecule has 5 heteroatoms. The number of pyridine rings is 1. The Morgan fingerprint density at radius 2 is 2.05 bits per heavy atom. The van der Waals surface area contributed by atoms with Crippen molar-refractivity contribution in [2.45, 2.75) is 18.9 Å². The molecule has 1 aromatic carbocycles. The topological polar surface area (TPSA) is 46.2 Å². The van der Waals surface area contributed by atoms with Gasteiger partial charge in [0, 0.05) is 23.3 Å². The Hall–Kier alpha value is -1.52. The van der Waals surface area contributed by atoms with Crippen LogP contribution < -0.4 is 15.4 Å². The number of halogens is 1. The molecule has 1 saturated heterocycles. The van der Waals surface area contributed by atoms with Gasteiger partial charge in [0.1, 0.15) is 5.75 Å². The number of anilines is 1. The van der Waals surface area contributed by atoms with E-state index in [1.807, 2.05) is 6.20 Å². The standard InChI is InChI=1S/C15H19N3O.ClH/c1-19-14-10-17-9-11-3-2-4-13(15(11)14)18-12-5-7-16-8-6-12;/h2-4,9-10,12,16,18H,5-8H2,1H3;1H. The molecule has 0 atom stereocenters. The first-order valence-electron chi connectivity index (χ1n) is 6.76. The number of nitrogens with one attached hydrogen (secondary N) is 2. The molecule has 20 heavy (non-hydrogen) atoms. The highest BCUT2D eigenvalue weighted by atomic mass is 35.5. The third-order valence-corrected chi connectivity index (χ3v) is 3.67. The SMILES string of the molecule is COc1cncc2cccc(NC3CCNCC3)c12.Cl. The van der Waals surface area contributed by atoms with Crippen molar-refractivity contribution in [1.82, 2.24) is 10.3 Å². The monoisotopic (exact) mass is 293 g/mol. The van der Waals surface area contributed by atoms with Crippen LogP contribution >= 0.6 is 12.4 Å². The lowest BCUT2D eigenvalue weighted by atomic mass is 10.0. The third-order valence-electron chi connectivity index (χ3n) is 3.67. The molecule has 4 nitrogen and oxygen atoms in total. The van der Waals surface area contributed by atoms with Crippen LogP contribution in [0.15, 0.2) is 30.6 Å². The molecule has 2 heterocycles. The fourth-order valence-electron chi connectivity index (χ4n) is 2.66. The van der Waals surface area contributed by atoms with Crippen molar-refractivity contribution in [1.29, 1.82) is 0 Å². The van der Waals surface area contributed by atoms with Gasteiger partial charge in [-0.3, -0.25) is 4.98 Å². The molecule has 3 rings (SSSR count). The van der Waals surface area contributed by atoms with Gasteiger partial charge in [-0.2, -0.15) is 0 Å². The minimum atomic E-state index is 0. The molecule has 108 valence electrons.